The molecule has 6 nitrogen and oxygen atoms in total. The molecular weight excluding hydrogens is 304 g/mol. The summed E-state index contributed by atoms with van der Waals surface area (Å²) in [6.45, 7) is 3.86. The second-order valence-corrected chi connectivity index (χ2v) is 5.90. The maximum atomic E-state index is 11.6. The molecule has 0 radical (unpaired) electrons. The quantitative estimate of drug-likeness (QED) is 0.583. The number of aliphatic imine (C=N–C) groups is 1. The second-order valence-electron chi connectivity index (χ2n) is 5.90. The van der Waals surface area contributed by atoms with Gasteiger partial charge in [0.05, 0.1) is 0 Å². The zero-order valence-corrected chi connectivity index (χ0v) is 15.5. The molecule has 0 aliphatic carbocycles. The van der Waals surface area contributed by atoms with Gasteiger partial charge in [0.15, 0.2) is 12.6 Å². The fourth-order valence-electron chi connectivity index (χ4n) is 2.09. The fraction of sp³-hybridized carbons (Fsp3) is 0.556. The first-order valence-electron chi connectivity index (χ1n) is 8.31. The molecule has 0 aromatic heterocycles. The molecular formula is C18H30N4O2. The Labute approximate surface area is 145 Å². The minimum absolute atomic E-state index is 0.0469. The Balaban J connectivity index is 2.56. The van der Waals surface area contributed by atoms with Crippen molar-refractivity contribution in [3.63, 3.8) is 0 Å². The number of hydrogen-bond acceptors (Lipinski definition) is 3. The van der Waals surface area contributed by atoms with Crippen LogP contribution in [0, 0.1) is 0 Å². The first kappa shape index (κ1) is 19.8. The van der Waals surface area contributed by atoms with Gasteiger partial charge in [0.2, 0.25) is 0 Å². The Morgan fingerprint density at radius 1 is 1.29 bits per heavy atom. The van der Waals surface area contributed by atoms with Gasteiger partial charge in [-0.15, -0.1) is 0 Å². The molecule has 0 aliphatic heterocycles. The lowest BCUT2D eigenvalue weighted by atomic mass is 10.2. The van der Waals surface area contributed by atoms with Crippen LogP contribution in [0.25, 0.3) is 0 Å². The Bertz CT molecular complexity index is 544. The third kappa shape index (κ3) is 6.89. The van der Waals surface area contributed by atoms with Gasteiger partial charge < -0.3 is 19.9 Å². The highest BCUT2D eigenvalue weighted by atomic mass is 16.5. The van der Waals surface area contributed by atoms with Gasteiger partial charge in [0.25, 0.3) is 5.91 Å². The predicted molar refractivity (Wildman–Crippen MR) is 98.4 cm³/mol. The zero-order chi connectivity index (χ0) is 17.9. The van der Waals surface area contributed by atoms with Crippen molar-refractivity contribution in [3.8, 4) is 5.75 Å². The van der Waals surface area contributed by atoms with Crippen LogP contribution in [0.1, 0.15) is 25.3 Å². The van der Waals surface area contributed by atoms with E-state index in [2.05, 4.69) is 22.1 Å². The van der Waals surface area contributed by atoms with Crippen LogP contribution in [0.5, 0.6) is 5.75 Å². The van der Waals surface area contributed by atoms with E-state index in [1.54, 1.807) is 21.1 Å². The van der Waals surface area contributed by atoms with E-state index in [4.69, 9.17) is 4.74 Å². The lowest BCUT2D eigenvalue weighted by Gasteiger charge is -2.22. The van der Waals surface area contributed by atoms with Crippen LogP contribution in [-0.2, 0) is 11.3 Å². The summed E-state index contributed by atoms with van der Waals surface area (Å²) in [5, 5.41) is 3.35. The summed E-state index contributed by atoms with van der Waals surface area (Å²) < 4.78 is 5.54. The van der Waals surface area contributed by atoms with Crippen LogP contribution in [0.15, 0.2) is 29.3 Å². The number of guanidine groups is 1. The molecule has 134 valence electrons. The van der Waals surface area contributed by atoms with Crippen LogP contribution in [0.4, 0.5) is 0 Å². The SMILES string of the molecule is CCCCN(C)C(=NC)NCc1cccc(OCC(=O)N(C)C)c1. The van der Waals surface area contributed by atoms with E-state index in [9.17, 15) is 4.79 Å². The van der Waals surface area contributed by atoms with Crippen LogP contribution in [0.3, 0.4) is 0 Å². The van der Waals surface area contributed by atoms with Crippen molar-refractivity contribution in [2.24, 2.45) is 4.99 Å². The van der Waals surface area contributed by atoms with Crippen molar-refractivity contribution >= 4 is 11.9 Å². The van der Waals surface area contributed by atoms with Crippen molar-refractivity contribution in [2.75, 3.05) is 41.3 Å². The van der Waals surface area contributed by atoms with Crippen LogP contribution in [0.2, 0.25) is 0 Å². The molecule has 6 heteroatoms. The van der Waals surface area contributed by atoms with Crippen molar-refractivity contribution in [1.29, 1.82) is 0 Å². The van der Waals surface area contributed by atoms with E-state index in [0.29, 0.717) is 12.3 Å². The van der Waals surface area contributed by atoms with Gasteiger partial charge in [-0.05, 0) is 24.1 Å². The maximum Gasteiger partial charge on any atom is 0.259 e. The summed E-state index contributed by atoms with van der Waals surface area (Å²) >= 11 is 0. The standard InChI is InChI=1S/C18H30N4O2/c1-6-7-11-22(5)18(19-2)20-13-15-9-8-10-16(12-15)24-14-17(23)21(3)4/h8-10,12H,6-7,11,13-14H2,1-5H3,(H,19,20). The number of nitrogens with zero attached hydrogens (tertiary/aromatic N) is 3. The largest absolute Gasteiger partial charge is 0.484 e. The Morgan fingerprint density at radius 2 is 2.04 bits per heavy atom. The van der Waals surface area contributed by atoms with Gasteiger partial charge in [-0.25, -0.2) is 0 Å². The molecule has 0 heterocycles. The van der Waals surface area contributed by atoms with E-state index in [1.807, 2.05) is 31.3 Å². The summed E-state index contributed by atoms with van der Waals surface area (Å²) in [4.78, 5) is 19.5. The number of nitrogens with one attached hydrogen (secondary N) is 1. The first-order chi connectivity index (χ1) is 11.5. The number of amides is 1. The topological polar surface area (TPSA) is 57.2 Å². The minimum Gasteiger partial charge on any atom is -0.484 e. The summed E-state index contributed by atoms with van der Waals surface area (Å²) in [5.74, 6) is 1.51. The number of likely N-dealkylation sites (N-methyl/N-ethyl adjacent to an activating group) is 1. The molecule has 0 spiro atoms. The van der Waals surface area contributed by atoms with Crippen LogP contribution in [-0.4, -0.2) is 63.0 Å². The number of rotatable bonds is 8. The molecule has 1 N–H and O–H groups in total. The third-order valence-electron chi connectivity index (χ3n) is 3.63. The van der Waals surface area contributed by atoms with Crippen molar-refractivity contribution in [2.45, 2.75) is 26.3 Å². The lowest BCUT2D eigenvalue weighted by molar-refractivity contribution is -0.130. The van der Waals surface area contributed by atoms with Gasteiger partial charge >= 0.3 is 0 Å². The molecule has 0 saturated carbocycles. The normalized spacial score (nSPS) is 11.1. The lowest BCUT2D eigenvalue weighted by Crippen LogP contribution is -2.38. The van der Waals surface area contributed by atoms with Gasteiger partial charge in [0, 0.05) is 41.3 Å². The number of benzene rings is 1. The van der Waals surface area contributed by atoms with E-state index in [-0.39, 0.29) is 12.5 Å². The van der Waals surface area contributed by atoms with E-state index >= 15 is 0 Å². The van der Waals surface area contributed by atoms with Crippen molar-refractivity contribution < 1.29 is 9.53 Å². The molecule has 0 saturated heterocycles. The second kappa shape index (κ2) is 10.5. The number of carbonyl (C=O) groups excluding carboxylic acids is 1. The smallest absolute Gasteiger partial charge is 0.259 e. The van der Waals surface area contributed by atoms with Crippen molar-refractivity contribution in [1.82, 2.24) is 15.1 Å². The number of hydrogen-bond donors (Lipinski definition) is 1. The molecule has 0 aliphatic rings. The molecule has 0 atom stereocenters. The summed E-state index contributed by atoms with van der Waals surface area (Å²) in [6, 6.07) is 7.74. The summed E-state index contributed by atoms with van der Waals surface area (Å²) in [6.07, 6.45) is 2.30. The highest BCUT2D eigenvalue weighted by Crippen LogP contribution is 2.13. The van der Waals surface area contributed by atoms with E-state index in [0.717, 1.165) is 30.9 Å². The van der Waals surface area contributed by atoms with E-state index in [1.165, 1.54) is 4.90 Å². The summed E-state index contributed by atoms with van der Waals surface area (Å²) in [5.41, 5.74) is 1.08. The van der Waals surface area contributed by atoms with Crippen LogP contribution >= 0.6 is 0 Å². The Morgan fingerprint density at radius 3 is 2.67 bits per heavy atom. The molecule has 1 rings (SSSR count). The van der Waals surface area contributed by atoms with Crippen molar-refractivity contribution in [3.05, 3.63) is 29.8 Å². The van der Waals surface area contributed by atoms with Gasteiger partial charge in [-0.3, -0.25) is 9.79 Å². The highest BCUT2D eigenvalue weighted by Gasteiger charge is 2.07. The molecule has 1 aromatic rings. The molecule has 24 heavy (non-hydrogen) atoms. The average molecular weight is 334 g/mol. The van der Waals surface area contributed by atoms with E-state index < -0.39 is 0 Å². The monoisotopic (exact) mass is 334 g/mol. The molecule has 0 fully saturated rings. The Kier molecular flexibility index (Phi) is 8.68. The zero-order valence-electron chi connectivity index (χ0n) is 15.5. The maximum absolute atomic E-state index is 11.6. The fourth-order valence-corrected chi connectivity index (χ4v) is 2.09. The number of unbranched alkanes of at least 4 members (excludes halogenated alkanes) is 1. The summed E-state index contributed by atoms with van der Waals surface area (Å²) in [7, 11) is 7.26. The highest BCUT2D eigenvalue weighted by molar-refractivity contribution is 5.79. The molecule has 0 bridgehead atoms. The predicted octanol–water partition coefficient (Wildman–Crippen LogP) is 1.96. The van der Waals surface area contributed by atoms with Gasteiger partial charge in [0.1, 0.15) is 5.75 Å². The first-order valence-corrected chi connectivity index (χ1v) is 8.31. The van der Waals surface area contributed by atoms with Gasteiger partial charge in [-0.2, -0.15) is 0 Å². The van der Waals surface area contributed by atoms with Crippen LogP contribution < -0.4 is 10.1 Å². The number of ether oxygens (including phenoxy) is 1. The molecule has 1 aromatic carbocycles. The Hall–Kier alpha value is -2.24. The third-order valence-corrected chi connectivity index (χ3v) is 3.63. The van der Waals surface area contributed by atoms with Gasteiger partial charge in [-0.1, -0.05) is 25.5 Å². The number of carbonyl (C=O) groups is 1. The average Bonchev–Trinajstić information content (AvgIpc) is 2.58. The minimum atomic E-state index is -0.0588. The molecule has 1 amide bonds. The molecule has 0 unspecified atom stereocenters.